The maximum atomic E-state index is 2.70. The van der Waals surface area contributed by atoms with Gasteiger partial charge in [0.15, 0.2) is 0 Å². The van der Waals surface area contributed by atoms with Crippen molar-refractivity contribution in [3.8, 4) is 77.9 Å². The molecule has 3 heteroatoms. The first-order valence-electron chi connectivity index (χ1n) is 32.6. The van der Waals surface area contributed by atoms with Crippen molar-refractivity contribution in [3.63, 3.8) is 0 Å². The van der Waals surface area contributed by atoms with Crippen LogP contribution < -0.4 is 26.2 Å². The van der Waals surface area contributed by atoms with E-state index >= 15 is 0 Å². The number of nitrogens with zero attached hydrogens (tertiary/aromatic N) is 2. The molecule has 0 radical (unpaired) electrons. The smallest absolute Gasteiger partial charge is 0.252 e. The molecule has 16 aromatic rings. The summed E-state index contributed by atoms with van der Waals surface area (Å²) >= 11 is 0. The zero-order valence-electron chi connectivity index (χ0n) is 52.1. The third-order valence-electron chi connectivity index (χ3n) is 19.9. The Labute approximate surface area is 544 Å². The molecule has 0 fully saturated rings. The van der Waals surface area contributed by atoms with Crippen LogP contribution in [0.25, 0.3) is 121 Å². The lowest BCUT2D eigenvalue weighted by Gasteiger charge is -2.46. The second kappa shape index (κ2) is 21.6. The van der Waals surface area contributed by atoms with Crippen molar-refractivity contribution in [2.24, 2.45) is 0 Å². The minimum Gasteiger partial charge on any atom is -0.310 e. The van der Waals surface area contributed by atoms with E-state index < -0.39 is 0 Å². The summed E-state index contributed by atoms with van der Waals surface area (Å²) in [7, 11) is 0. The highest BCUT2D eigenvalue weighted by molar-refractivity contribution is 7.00. The van der Waals surface area contributed by atoms with E-state index in [1.54, 1.807) is 0 Å². The van der Waals surface area contributed by atoms with Gasteiger partial charge in [-0.05, 0) is 150 Å². The van der Waals surface area contributed by atoms with Crippen LogP contribution in [0.2, 0.25) is 0 Å². The van der Waals surface area contributed by atoms with E-state index in [-0.39, 0.29) is 12.1 Å². The highest BCUT2D eigenvalue weighted by Gasteiger charge is 2.46. The van der Waals surface area contributed by atoms with Crippen LogP contribution in [-0.2, 0) is 5.41 Å². The molecule has 436 valence electrons. The molecule has 16 aromatic carbocycles. The molecule has 2 aliphatic heterocycles. The molecule has 18 rings (SSSR count). The van der Waals surface area contributed by atoms with E-state index in [2.05, 4.69) is 358 Å². The summed E-state index contributed by atoms with van der Waals surface area (Å²) in [6, 6.07) is 124. The largest absolute Gasteiger partial charge is 0.310 e. The Morgan fingerprint density at radius 1 is 0.247 bits per heavy atom. The molecule has 2 nitrogen and oxygen atoms in total. The number of benzene rings is 16. The highest BCUT2D eigenvalue weighted by Crippen LogP contribution is 2.55. The number of fused-ring (bicyclic) bond motifs is 6. The summed E-state index contributed by atoms with van der Waals surface area (Å²) in [5.74, 6) is 0. The lowest BCUT2D eigenvalue weighted by Crippen LogP contribution is -2.61. The molecule has 0 N–H and O–H groups in total. The fourth-order valence-electron chi connectivity index (χ4n) is 15.7. The summed E-state index contributed by atoms with van der Waals surface area (Å²) in [5.41, 5.74) is 28.1. The van der Waals surface area contributed by atoms with Gasteiger partial charge >= 0.3 is 0 Å². The standard InChI is InChI=1S/C90H63BN2/c1-90(2,3)69-49-44-59(45-50-69)68-56-82-87-83(57-68)93(89-73(62-30-15-7-16-31-62)39-23-40-74(89)63-32-17-8-18-33-63)81-55-67(70-51-46-65-36-20-42-76-75-41-19-34-64-35-21-43-77(84(64)75)86(70)85(65)76)47-52-78(81)91(87)79-54-66(58-24-9-4-10-25-58)48-53-80(79)92(82)88-71(60-26-11-5-12-27-60)37-22-38-72(88)61-28-13-6-14-29-61/h4-57H,1-3H3. The van der Waals surface area contributed by atoms with Crippen molar-refractivity contribution in [3.05, 3.63) is 333 Å². The van der Waals surface area contributed by atoms with Crippen molar-refractivity contribution in [1.82, 2.24) is 0 Å². The number of anilines is 6. The van der Waals surface area contributed by atoms with E-state index in [9.17, 15) is 0 Å². The fraction of sp³-hybridized carbons (Fsp3) is 0.0444. The summed E-state index contributed by atoms with van der Waals surface area (Å²) < 4.78 is 0. The molecule has 0 aliphatic carbocycles. The maximum absolute atomic E-state index is 2.70. The van der Waals surface area contributed by atoms with E-state index in [4.69, 9.17) is 0 Å². The molecule has 0 bridgehead atoms. The highest BCUT2D eigenvalue weighted by atomic mass is 15.2. The van der Waals surface area contributed by atoms with Gasteiger partial charge in [-0.25, -0.2) is 0 Å². The van der Waals surface area contributed by atoms with Gasteiger partial charge < -0.3 is 9.80 Å². The first kappa shape index (κ1) is 54.4. The van der Waals surface area contributed by atoms with Crippen molar-refractivity contribution >= 4 is 100 Å². The van der Waals surface area contributed by atoms with E-state index in [0.29, 0.717) is 0 Å². The van der Waals surface area contributed by atoms with E-state index in [0.717, 1.165) is 95.3 Å². The van der Waals surface area contributed by atoms with Crippen molar-refractivity contribution < 1.29 is 0 Å². The number of para-hydroxylation sites is 2. The Bertz CT molecular complexity index is 5460. The lowest BCUT2D eigenvalue weighted by molar-refractivity contribution is 0.590. The molecule has 0 saturated heterocycles. The minimum atomic E-state index is -0.210. The van der Waals surface area contributed by atoms with E-state index in [1.165, 1.54) is 81.7 Å². The zero-order valence-corrected chi connectivity index (χ0v) is 52.1. The van der Waals surface area contributed by atoms with Gasteiger partial charge in [-0.15, -0.1) is 0 Å². The number of hydrogen-bond donors (Lipinski definition) is 0. The quantitative estimate of drug-likeness (QED) is 0.0807. The molecular formula is C90H63BN2. The number of rotatable bonds is 9. The molecular weight excluding hydrogens is 1120 g/mol. The molecule has 0 saturated carbocycles. The molecule has 0 amide bonds. The topological polar surface area (TPSA) is 6.48 Å². The first-order valence-corrected chi connectivity index (χ1v) is 32.6. The molecule has 0 spiro atoms. The van der Waals surface area contributed by atoms with Crippen LogP contribution in [0.1, 0.15) is 26.3 Å². The van der Waals surface area contributed by atoms with Crippen LogP contribution in [0, 0.1) is 0 Å². The first-order chi connectivity index (χ1) is 45.8. The Morgan fingerprint density at radius 2 is 0.667 bits per heavy atom. The Morgan fingerprint density at radius 3 is 1.18 bits per heavy atom. The zero-order chi connectivity index (χ0) is 61.9. The summed E-state index contributed by atoms with van der Waals surface area (Å²) in [6.45, 7) is 6.71. The predicted octanol–water partition coefficient (Wildman–Crippen LogP) is 22.8. The average molecular weight is 1180 g/mol. The Hall–Kier alpha value is -11.5. The SMILES string of the molecule is CC(C)(C)c1ccc(-c2cc3c4c(c2)N(c2c(-c5ccccc5)cccc2-c2ccccc2)c2cc(-c5ccc6cccc7c8cccc9cccc(c5c67)c98)ccc2B4c2cc(-c4ccccc4)ccc2N3c2c(-c3ccccc3)cccc2-c2ccccc2)cc1. The van der Waals surface area contributed by atoms with Crippen molar-refractivity contribution in [2.75, 3.05) is 9.80 Å². The second-order valence-electron chi connectivity index (χ2n) is 26.2. The fourth-order valence-corrected chi connectivity index (χ4v) is 15.7. The molecule has 2 aliphatic rings. The van der Waals surface area contributed by atoms with Gasteiger partial charge in [0.2, 0.25) is 0 Å². The maximum Gasteiger partial charge on any atom is 0.252 e. The van der Waals surface area contributed by atoms with Crippen LogP contribution in [0.3, 0.4) is 0 Å². The van der Waals surface area contributed by atoms with Crippen LogP contribution in [0.5, 0.6) is 0 Å². The third kappa shape index (κ3) is 8.79. The molecule has 93 heavy (non-hydrogen) atoms. The third-order valence-corrected chi connectivity index (χ3v) is 19.9. The van der Waals surface area contributed by atoms with Crippen LogP contribution in [0.4, 0.5) is 34.1 Å². The molecule has 0 atom stereocenters. The predicted molar refractivity (Wildman–Crippen MR) is 398 cm³/mol. The summed E-state index contributed by atoms with van der Waals surface area (Å²) in [4.78, 5) is 5.36. The average Bonchev–Trinajstić information content (AvgIpc) is 0.695. The van der Waals surface area contributed by atoms with Crippen LogP contribution in [-0.4, -0.2) is 6.71 Å². The van der Waals surface area contributed by atoms with E-state index in [1.807, 2.05) is 0 Å². The van der Waals surface area contributed by atoms with Gasteiger partial charge in [0.05, 0.1) is 11.4 Å². The Kier molecular flexibility index (Phi) is 12.6. The van der Waals surface area contributed by atoms with Gasteiger partial charge in [-0.1, -0.05) is 324 Å². The van der Waals surface area contributed by atoms with Gasteiger partial charge in [-0.3, -0.25) is 0 Å². The monoisotopic (exact) mass is 1180 g/mol. The van der Waals surface area contributed by atoms with Gasteiger partial charge in [-0.2, -0.15) is 0 Å². The Balaban J connectivity index is 1.02. The molecule has 0 unspecified atom stereocenters. The number of hydrogen-bond acceptors (Lipinski definition) is 2. The van der Waals surface area contributed by atoms with Crippen molar-refractivity contribution in [1.29, 1.82) is 0 Å². The molecule has 2 heterocycles. The second-order valence-corrected chi connectivity index (χ2v) is 26.2. The summed E-state index contributed by atoms with van der Waals surface area (Å²) in [6.07, 6.45) is 0. The van der Waals surface area contributed by atoms with Crippen LogP contribution in [0.15, 0.2) is 328 Å². The van der Waals surface area contributed by atoms with Gasteiger partial charge in [0.25, 0.3) is 6.71 Å². The van der Waals surface area contributed by atoms with Gasteiger partial charge in [0, 0.05) is 45.0 Å². The van der Waals surface area contributed by atoms with Crippen LogP contribution >= 0.6 is 0 Å². The minimum absolute atomic E-state index is 0.0319. The van der Waals surface area contributed by atoms with Crippen molar-refractivity contribution in [2.45, 2.75) is 26.2 Å². The normalized spacial score (nSPS) is 12.6. The molecule has 0 aromatic heterocycles. The lowest BCUT2D eigenvalue weighted by atomic mass is 9.33. The van der Waals surface area contributed by atoms with Gasteiger partial charge in [0.1, 0.15) is 0 Å². The summed E-state index contributed by atoms with van der Waals surface area (Å²) in [5, 5.41) is 10.2.